The van der Waals surface area contributed by atoms with Crippen LogP contribution in [0.5, 0.6) is 11.5 Å². The average Bonchev–Trinajstić information content (AvgIpc) is 2.83. The fraction of sp³-hybridized carbons (Fsp3) is 0.529. The molecule has 0 amide bonds. The maximum Gasteiger partial charge on any atom is 0.165 e. The quantitative estimate of drug-likeness (QED) is 0.703. The van der Waals surface area contributed by atoms with Gasteiger partial charge in [0.25, 0.3) is 0 Å². The molecule has 4 heteroatoms. The van der Waals surface area contributed by atoms with Crippen molar-refractivity contribution >= 4 is 0 Å². The molecule has 1 saturated heterocycles. The number of aromatic hydroxyl groups is 1. The monoisotopic (exact) mass is 285 g/mol. The van der Waals surface area contributed by atoms with Crippen molar-refractivity contribution in [2.75, 3.05) is 13.6 Å². The van der Waals surface area contributed by atoms with Crippen LogP contribution >= 0.6 is 0 Å². The van der Waals surface area contributed by atoms with Crippen molar-refractivity contribution in [2.45, 2.75) is 36.5 Å². The lowest BCUT2D eigenvalue weighted by Crippen LogP contribution is -2.64. The Kier molecular flexibility index (Phi) is 2.08. The number of phenols is 1. The van der Waals surface area contributed by atoms with Gasteiger partial charge in [-0.25, -0.2) is 0 Å². The van der Waals surface area contributed by atoms with Gasteiger partial charge >= 0.3 is 0 Å². The summed E-state index contributed by atoms with van der Waals surface area (Å²) in [6.45, 7) is 1.01. The Hall–Kier alpha value is -1.52. The van der Waals surface area contributed by atoms with Gasteiger partial charge in [0.1, 0.15) is 12.2 Å². The number of likely N-dealkylation sites (N-methyl/N-ethyl adjacent to an activating group) is 1. The molecule has 5 rings (SSSR count). The van der Waals surface area contributed by atoms with Crippen LogP contribution in [0.2, 0.25) is 0 Å². The van der Waals surface area contributed by atoms with E-state index in [2.05, 4.69) is 18.0 Å². The lowest BCUT2D eigenvalue weighted by molar-refractivity contribution is -0.0453. The van der Waals surface area contributed by atoms with E-state index in [1.165, 1.54) is 11.1 Å². The Morgan fingerprint density at radius 3 is 3.05 bits per heavy atom. The Balaban J connectivity index is 1.84. The molecule has 0 saturated carbocycles. The number of aliphatic hydroxyl groups is 1. The summed E-state index contributed by atoms with van der Waals surface area (Å²) < 4.78 is 6.09. The summed E-state index contributed by atoms with van der Waals surface area (Å²) in [6.07, 6.45) is 5.18. The zero-order chi connectivity index (χ0) is 14.4. The Morgan fingerprint density at radius 1 is 1.33 bits per heavy atom. The van der Waals surface area contributed by atoms with Crippen LogP contribution in [-0.4, -0.2) is 47.0 Å². The third-order valence-corrected chi connectivity index (χ3v) is 6.15. The van der Waals surface area contributed by atoms with Gasteiger partial charge in [0.15, 0.2) is 11.5 Å². The molecule has 1 aromatic carbocycles. The van der Waals surface area contributed by atoms with E-state index in [9.17, 15) is 10.2 Å². The molecule has 4 nitrogen and oxygen atoms in total. The SMILES string of the molecule is CN1CC[C@]23c4c5ccc(O)c4OC2C(O)C=C[C@H]3[C@@H]1C5. The van der Waals surface area contributed by atoms with Crippen molar-refractivity contribution in [1.29, 1.82) is 0 Å². The third-order valence-electron chi connectivity index (χ3n) is 6.15. The average molecular weight is 285 g/mol. The maximum absolute atomic E-state index is 10.4. The molecule has 2 unspecified atom stereocenters. The predicted molar refractivity (Wildman–Crippen MR) is 77.6 cm³/mol. The van der Waals surface area contributed by atoms with E-state index < -0.39 is 6.10 Å². The molecule has 110 valence electrons. The van der Waals surface area contributed by atoms with Crippen LogP contribution in [0.25, 0.3) is 0 Å². The zero-order valence-corrected chi connectivity index (χ0v) is 12.0. The van der Waals surface area contributed by atoms with Crippen LogP contribution in [0.1, 0.15) is 17.5 Å². The van der Waals surface area contributed by atoms with Gasteiger partial charge in [-0.3, -0.25) is 0 Å². The second-order valence-corrected chi connectivity index (χ2v) is 6.93. The molecule has 4 aliphatic rings. The molecule has 5 atom stereocenters. The molecule has 1 aromatic rings. The van der Waals surface area contributed by atoms with Crippen LogP contribution in [0.15, 0.2) is 24.3 Å². The molecular formula is C17H19NO3. The van der Waals surface area contributed by atoms with Crippen molar-refractivity contribution in [3.8, 4) is 11.5 Å². The number of phenolic OH excluding ortho intramolecular Hbond substituents is 1. The summed E-state index contributed by atoms with van der Waals surface area (Å²) in [6, 6.07) is 4.23. The van der Waals surface area contributed by atoms with Gasteiger partial charge in [-0.1, -0.05) is 18.2 Å². The molecule has 21 heavy (non-hydrogen) atoms. The number of rotatable bonds is 0. The van der Waals surface area contributed by atoms with Crippen LogP contribution < -0.4 is 4.74 Å². The standard InChI is InChI=1S/C17H19NO3/c1-18-7-6-17-10-3-5-13(20)16(17)21-15-12(19)4-2-9(14(15)17)8-11(10)18/h2-5,10-11,13,16,19-20H,6-8H2,1H3/t10-,11-,13?,16?,17-/m0/s1. The van der Waals surface area contributed by atoms with Gasteiger partial charge in [0, 0.05) is 22.9 Å². The van der Waals surface area contributed by atoms with Gasteiger partial charge in [0.2, 0.25) is 0 Å². The number of nitrogens with zero attached hydrogens (tertiary/aromatic N) is 1. The lowest BCUT2D eigenvalue weighted by Gasteiger charge is -2.56. The highest BCUT2D eigenvalue weighted by molar-refractivity contribution is 5.61. The molecule has 2 bridgehead atoms. The highest BCUT2D eigenvalue weighted by Crippen LogP contribution is 2.62. The molecule has 0 radical (unpaired) electrons. The molecule has 1 fully saturated rings. The summed E-state index contributed by atoms with van der Waals surface area (Å²) in [7, 11) is 2.19. The van der Waals surface area contributed by atoms with E-state index in [-0.39, 0.29) is 17.3 Å². The summed E-state index contributed by atoms with van der Waals surface area (Å²) in [5, 5.41) is 20.6. The van der Waals surface area contributed by atoms with Crippen LogP contribution in [0, 0.1) is 5.92 Å². The van der Waals surface area contributed by atoms with Crippen molar-refractivity contribution in [3.05, 3.63) is 35.4 Å². The first kappa shape index (κ1) is 12.1. The number of hydrogen-bond acceptors (Lipinski definition) is 4. The number of ether oxygens (including phenoxy) is 1. The van der Waals surface area contributed by atoms with E-state index in [0.29, 0.717) is 17.7 Å². The number of likely N-dealkylation sites (tertiary alicyclic amines) is 1. The van der Waals surface area contributed by atoms with E-state index >= 15 is 0 Å². The van der Waals surface area contributed by atoms with E-state index in [0.717, 1.165) is 19.4 Å². The zero-order valence-electron chi connectivity index (χ0n) is 12.0. The summed E-state index contributed by atoms with van der Waals surface area (Å²) in [4.78, 5) is 2.43. The van der Waals surface area contributed by atoms with Crippen molar-refractivity contribution < 1.29 is 14.9 Å². The second-order valence-electron chi connectivity index (χ2n) is 6.93. The highest BCUT2D eigenvalue weighted by Gasteiger charge is 2.64. The first-order valence-electron chi connectivity index (χ1n) is 7.71. The van der Waals surface area contributed by atoms with Crippen LogP contribution in [-0.2, 0) is 11.8 Å². The van der Waals surface area contributed by atoms with Gasteiger partial charge in [-0.2, -0.15) is 0 Å². The summed E-state index contributed by atoms with van der Waals surface area (Å²) in [5.74, 6) is 1.19. The molecule has 0 aromatic heterocycles. The number of piperidine rings is 1. The van der Waals surface area contributed by atoms with Gasteiger partial charge in [-0.15, -0.1) is 0 Å². The summed E-state index contributed by atoms with van der Waals surface area (Å²) >= 11 is 0. The van der Waals surface area contributed by atoms with E-state index in [4.69, 9.17) is 4.74 Å². The smallest absolute Gasteiger partial charge is 0.165 e. The number of aliphatic hydroxyl groups excluding tert-OH is 1. The number of benzene rings is 1. The fourth-order valence-electron chi connectivity index (χ4n) is 5.24. The molecule has 2 aliphatic heterocycles. The lowest BCUT2D eigenvalue weighted by atomic mass is 9.53. The summed E-state index contributed by atoms with van der Waals surface area (Å²) in [5.41, 5.74) is 2.29. The Bertz CT molecular complexity index is 670. The molecule has 1 spiro atoms. The fourth-order valence-corrected chi connectivity index (χ4v) is 5.24. The van der Waals surface area contributed by atoms with Gasteiger partial charge in [0.05, 0.1) is 0 Å². The Morgan fingerprint density at radius 2 is 2.19 bits per heavy atom. The third kappa shape index (κ3) is 1.21. The van der Waals surface area contributed by atoms with Crippen LogP contribution in [0.3, 0.4) is 0 Å². The highest BCUT2D eigenvalue weighted by atomic mass is 16.5. The van der Waals surface area contributed by atoms with Crippen molar-refractivity contribution in [3.63, 3.8) is 0 Å². The minimum atomic E-state index is -0.594. The van der Waals surface area contributed by atoms with Crippen molar-refractivity contribution in [1.82, 2.24) is 4.90 Å². The van der Waals surface area contributed by atoms with Crippen molar-refractivity contribution in [2.24, 2.45) is 5.92 Å². The minimum absolute atomic E-state index is 0.160. The van der Waals surface area contributed by atoms with Gasteiger partial charge < -0.3 is 19.8 Å². The molecule has 2 heterocycles. The first-order valence-corrected chi connectivity index (χ1v) is 7.71. The normalized spacial score (nSPS) is 42.6. The molecule has 2 N–H and O–H groups in total. The molecular weight excluding hydrogens is 266 g/mol. The van der Waals surface area contributed by atoms with E-state index in [1.807, 2.05) is 12.1 Å². The second kappa shape index (κ2) is 3.62. The van der Waals surface area contributed by atoms with Crippen LogP contribution in [0.4, 0.5) is 0 Å². The van der Waals surface area contributed by atoms with E-state index in [1.54, 1.807) is 6.07 Å². The number of hydrogen-bond donors (Lipinski definition) is 2. The minimum Gasteiger partial charge on any atom is -0.504 e. The first-order chi connectivity index (χ1) is 10.1. The molecule has 2 aliphatic carbocycles. The topological polar surface area (TPSA) is 52.9 Å². The Labute approximate surface area is 123 Å². The predicted octanol–water partition coefficient (Wildman–Crippen LogP) is 1.20. The largest absolute Gasteiger partial charge is 0.504 e. The maximum atomic E-state index is 10.4. The van der Waals surface area contributed by atoms with Gasteiger partial charge in [-0.05, 0) is 38.1 Å².